The molecule has 0 aliphatic rings. The van der Waals surface area contributed by atoms with E-state index in [1.807, 2.05) is 54.6 Å². The van der Waals surface area contributed by atoms with E-state index >= 15 is 0 Å². The number of hydrogen-bond donors (Lipinski definition) is 2. The Labute approximate surface area is 242 Å². The van der Waals surface area contributed by atoms with Crippen LogP contribution in [0.1, 0.15) is 51.0 Å². The first-order valence-electron chi connectivity index (χ1n) is 13.4. The van der Waals surface area contributed by atoms with Crippen LogP contribution >= 0.6 is 0 Å². The molecule has 1 amide bonds. The van der Waals surface area contributed by atoms with Gasteiger partial charge in [0.05, 0.1) is 18.9 Å². The predicted molar refractivity (Wildman–Crippen MR) is 148 cm³/mol. The topological polar surface area (TPSA) is 197 Å². The number of carbonyl (C=O) groups is 3. The Kier molecular flexibility index (Phi) is 14.2. The monoisotopic (exact) mass is 589 g/mol. The summed E-state index contributed by atoms with van der Waals surface area (Å²) in [5, 5.41) is 30.5. The summed E-state index contributed by atoms with van der Waals surface area (Å²) in [4.78, 5) is 65.3. The molecule has 0 saturated heterocycles. The van der Waals surface area contributed by atoms with E-state index in [-0.39, 0.29) is 32.3 Å². The summed E-state index contributed by atoms with van der Waals surface area (Å²) >= 11 is 0. The summed E-state index contributed by atoms with van der Waals surface area (Å²) in [5.74, 6) is -2.63. The lowest BCUT2D eigenvalue weighted by atomic mass is 9.94. The van der Waals surface area contributed by atoms with Crippen LogP contribution in [0.4, 0.5) is 0 Å². The Hall–Kier alpha value is -4.75. The Morgan fingerprint density at radius 3 is 2.21 bits per heavy atom. The molecule has 2 aromatic rings. The van der Waals surface area contributed by atoms with Crippen LogP contribution < -0.4 is 5.32 Å². The quantitative estimate of drug-likeness (QED) is 0.0986. The fraction of sp³-hybridized carbons (Fsp3) is 0.464. The van der Waals surface area contributed by atoms with Crippen LogP contribution in [-0.2, 0) is 35.2 Å². The van der Waals surface area contributed by atoms with Gasteiger partial charge in [-0.25, -0.2) is 0 Å². The number of ether oxygens (including phenoxy) is 1. The number of aliphatic carboxylic acids is 1. The van der Waals surface area contributed by atoms with Gasteiger partial charge in [-0.15, -0.1) is 20.2 Å². The maximum Gasteiger partial charge on any atom is 0.308 e. The Morgan fingerprint density at radius 2 is 1.60 bits per heavy atom. The van der Waals surface area contributed by atoms with E-state index in [2.05, 4.69) is 15.0 Å². The molecule has 0 aliphatic heterocycles. The smallest absolute Gasteiger partial charge is 0.308 e. The predicted octanol–water partition coefficient (Wildman–Crippen LogP) is 3.77. The zero-order valence-electron chi connectivity index (χ0n) is 23.2. The molecule has 0 heterocycles. The molecule has 228 valence electrons. The first-order valence-corrected chi connectivity index (χ1v) is 13.4. The fourth-order valence-electron chi connectivity index (χ4n) is 4.21. The minimum absolute atomic E-state index is 0.0149. The van der Waals surface area contributed by atoms with Gasteiger partial charge in [-0.3, -0.25) is 14.4 Å². The SMILES string of the molecule is CC(C[C@@H](Cc1ccc(-c2ccccc2)cc1)NC(=O)CCC(=O)O)C(=O)OCCCCC(CO[N+](=O)[O-])O[N+](=O)[O-]. The van der Waals surface area contributed by atoms with Crippen molar-refractivity contribution in [1.29, 1.82) is 0 Å². The molecule has 2 aromatic carbocycles. The van der Waals surface area contributed by atoms with Gasteiger partial charge in [0.2, 0.25) is 5.91 Å². The van der Waals surface area contributed by atoms with Gasteiger partial charge in [-0.1, -0.05) is 61.5 Å². The summed E-state index contributed by atoms with van der Waals surface area (Å²) in [7, 11) is 0. The highest BCUT2D eigenvalue weighted by atomic mass is 17.0. The molecule has 0 spiro atoms. The number of rotatable bonds is 20. The number of esters is 1. The number of carboxylic acids is 1. The average molecular weight is 590 g/mol. The second-order valence-electron chi connectivity index (χ2n) is 9.70. The van der Waals surface area contributed by atoms with Gasteiger partial charge < -0.3 is 24.8 Å². The molecule has 0 radical (unpaired) electrons. The Bertz CT molecular complexity index is 1180. The van der Waals surface area contributed by atoms with Gasteiger partial charge in [0.1, 0.15) is 12.7 Å². The normalized spacial score (nSPS) is 12.8. The lowest BCUT2D eigenvalue weighted by Crippen LogP contribution is -2.39. The van der Waals surface area contributed by atoms with Gasteiger partial charge in [0.25, 0.3) is 10.2 Å². The van der Waals surface area contributed by atoms with Crippen molar-refractivity contribution in [2.24, 2.45) is 5.92 Å². The van der Waals surface area contributed by atoms with Crippen molar-refractivity contribution in [1.82, 2.24) is 5.32 Å². The zero-order valence-corrected chi connectivity index (χ0v) is 23.2. The molecule has 0 aromatic heterocycles. The van der Waals surface area contributed by atoms with Crippen LogP contribution in [0.15, 0.2) is 54.6 Å². The van der Waals surface area contributed by atoms with E-state index in [0.717, 1.165) is 16.7 Å². The van der Waals surface area contributed by atoms with E-state index in [4.69, 9.17) is 9.84 Å². The van der Waals surface area contributed by atoms with Crippen LogP contribution in [0.2, 0.25) is 0 Å². The van der Waals surface area contributed by atoms with Crippen molar-refractivity contribution in [3.8, 4) is 11.1 Å². The fourth-order valence-corrected chi connectivity index (χ4v) is 4.21. The van der Waals surface area contributed by atoms with Gasteiger partial charge >= 0.3 is 11.9 Å². The van der Waals surface area contributed by atoms with Crippen molar-refractivity contribution in [2.75, 3.05) is 13.2 Å². The molecule has 0 saturated carbocycles. The third kappa shape index (κ3) is 13.5. The average Bonchev–Trinajstić information content (AvgIpc) is 2.94. The molecule has 3 atom stereocenters. The van der Waals surface area contributed by atoms with Gasteiger partial charge in [-0.2, -0.15) is 0 Å². The third-order valence-corrected chi connectivity index (χ3v) is 6.28. The van der Waals surface area contributed by atoms with E-state index in [9.17, 15) is 34.6 Å². The van der Waals surface area contributed by atoms with Crippen molar-refractivity contribution < 1.29 is 44.1 Å². The van der Waals surface area contributed by atoms with E-state index < -0.39 is 52.7 Å². The van der Waals surface area contributed by atoms with Gasteiger partial charge in [0.15, 0.2) is 0 Å². The molecular weight excluding hydrogens is 554 g/mol. The number of unbranched alkanes of at least 4 members (excludes halogenated alkanes) is 1. The first kappa shape index (κ1) is 33.5. The number of carbonyl (C=O) groups excluding carboxylic acids is 2. The summed E-state index contributed by atoms with van der Waals surface area (Å²) in [5.41, 5.74) is 3.01. The number of benzene rings is 2. The molecule has 14 nitrogen and oxygen atoms in total. The van der Waals surface area contributed by atoms with E-state index in [0.29, 0.717) is 19.3 Å². The molecule has 0 bridgehead atoms. The minimum atomic E-state index is -1.13. The van der Waals surface area contributed by atoms with Crippen molar-refractivity contribution in [3.63, 3.8) is 0 Å². The van der Waals surface area contributed by atoms with E-state index in [1.165, 1.54) is 0 Å². The highest BCUT2D eigenvalue weighted by Crippen LogP contribution is 2.21. The number of nitrogens with one attached hydrogen (secondary N) is 1. The second-order valence-corrected chi connectivity index (χ2v) is 9.70. The maximum absolute atomic E-state index is 12.6. The van der Waals surface area contributed by atoms with Crippen LogP contribution in [0, 0.1) is 26.1 Å². The minimum Gasteiger partial charge on any atom is -0.481 e. The van der Waals surface area contributed by atoms with Crippen molar-refractivity contribution in [2.45, 2.75) is 64.0 Å². The largest absolute Gasteiger partial charge is 0.481 e. The summed E-state index contributed by atoms with van der Waals surface area (Å²) in [6, 6.07) is 17.2. The molecular formula is C28H35N3O11. The maximum atomic E-state index is 12.6. The summed E-state index contributed by atoms with van der Waals surface area (Å²) in [6.07, 6.45) is -0.244. The Morgan fingerprint density at radius 1 is 0.929 bits per heavy atom. The van der Waals surface area contributed by atoms with Crippen LogP contribution in [0.3, 0.4) is 0 Å². The number of carboxylic acid groups (broad SMARTS) is 1. The summed E-state index contributed by atoms with van der Waals surface area (Å²) < 4.78 is 5.32. The first-order chi connectivity index (χ1) is 20.0. The Balaban J connectivity index is 1.91. The molecule has 2 rings (SSSR count). The molecule has 0 aliphatic carbocycles. The molecule has 2 unspecified atom stereocenters. The lowest BCUT2D eigenvalue weighted by Gasteiger charge is -2.22. The lowest BCUT2D eigenvalue weighted by molar-refractivity contribution is -0.790. The molecule has 0 fully saturated rings. The number of nitrogens with zero attached hydrogens (tertiary/aromatic N) is 2. The standard InChI is InChI=1S/C28H35N3O11/c1-20(28(35)40-16-6-5-9-25(42-31(38)39)19-41-30(36)37)17-24(29-26(32)14-15-27(33)34)18-21-10-12-23(13-11-21)22-7-3-2-4-8-22/h2-4,7-8,10-13,20,24-25H,5-6,9,14-19H2,1H3,(H,29,32)(H,33,34)/t20?,24-,25?/m0/s1. The second kappa shape index (κ2) is 17.8. The van der Waals surface area contributed by atoms with Gasteiger partial charge in [0, 0.05) is 12.5 Å². The van der Waals surface area contributed by atoms with Gasteiger partial charge in [-0.05, 0) is 48.8 Å². The van der Waals surface area contributed by atoms with Crippen LogP contribution in [0.25, 0.3) is 11.1 Å². The van der Waals surface area contributed by atoms with Crippen molar-refractivity contribution >= 4 is 17.8 Å². The summed E-state index contributed by atoms with van der Waals surface area (Å²) in [6.45, 7) is 1.08. The molecule has 14 heteroatoms. The highest BCUT2D eigenvalue weighted by molar-refractivity contribution is 5.81. The number of amides is 1. The third-order valence-electron chi connectivity index (χ3n) is 6.28. The number of hydrogen-bond acceptors (Lipinski definition) is 10. The molecule has 42 heavy (non-hydrogen) atoms. The zero-order chi connectivity index (χ0) is 30.9. The van der Waals surface area contributed by atoms with Crippen molar-refractivity contribution in [3.05, 3.63) is 80.4 Å². The van der Waals surface area contributed by atoms with Crippen LogP contribution in [-0.4, -0.2) is 58.5 Å². The van der Waals surface area contributed by atoms with Crippen LogP contribution in [0.5, 0.6) is 0 Å². The van der Waals surface area contributed by atoms with E-state index in [1.54, 1.807) is 6.92 Å². The molecule has 2 N–H and O–H groups in total. The highest BCUT2D eigenvalue weighted by Gasteiger charge is 2.23.